The van der Waals surface area contributed by atoms with Gasteiger partial charge >= 0.3 is 0 Å². The van der Waals surface area contributed by atoms with E-state index in [1.807, 2.05) is 24.8 Å². The zero-order valence-electron chi connectivity index (χ0n) is 10.0. The Hall–Kier alpha value is -1.82. The lowest BCUT2D eigenvalue weighted by atomic mass is 10.2. The highest BCUT2D eigenvalue weighted by Crippen LogP contribution is 2.15. The second kappa shape index (κ2) is 6.05. The standard InChI is InChI=1S/C11H18N4O2/c1-8(2)15(5-6-16)9-3-4-10(13-7-9)11(12)14-17/h3-4,7-8,16-17H,5-6H2,1-2H3,(H2,12,14). The summed E-state index contributed by atoms with van der Waals surface area (Å²) in [7, 11) is 0. The minimum absolute atomic E-state index is 0.0187. The van der Waals surface area contributed by atoms with E-state index < -0.39 is 0 Å². The molecule has 0 aliphatic heterocycles. The van der Waals surface area contributed by atoms with Crippen LogP contribution in [0.4, 0.5) is 5.69 Å². The van der Waals surface area contributed by atoms with Gasteiger partial charge in [0.2, 0.25) is 0 Å². The molecule has 0 amide bonds. The molecule has 4 N–H and O–H groups in total. The molecular weight excluding hydrogens is 220 g/mol. The minimum atomic E-state index is -0.0187. The van der Waals surface area contributed by atoms with Crippen molar-refractivity contribution in [1.29, 1.82) is 0 Å². The Morgan fingerprint density at radius 2 is 2.24 bits per heavy atom. The predicted molar refractivity (Wildman–Crippen MR) is 66.3 cm³/mol. The number of hydrogen-bond acceptors (Lipinski definition) is 5. The summed E-state index contributed by atoms with van der Waals surface area (Å²) in [6.45, 7) is 4.70. The normalized spacial score (nSPS) is 11.9. The Bertz CT molecular complexity index is 376. The first-order chi connectivity index (χ1) is 8.10. The van der Waals surface area contributed by atoms with Crippen LogP contribution in [0.3, 0.4) is 0 Å². The van der Waals surface area contributed by atoms with E-state index in [2.05, 4.69) is 10.1 Å². The second-order valence-electron chi connectivity index (χ2n) is 3.90. The zero-order valence-corrected chi connectivity index (χ0v) is 10.0. The number of nitrogens with zero attached hydrogens (tertiary/aromatic N) is 3. The van der Waals surface area contributed by atoms with Crippen molar-refractivity contribution in [3.63, 3.8) is 0 Å². The molecule has 0 unspecified atom stereocenters. The van der Waals surface area contributed by atoms with E-state index in [0.717, 1.165) is 5.69 Å². The fourth-order valence-corrected chi connectivity index (χ4v) is 1.55. The number of pyridine rings is 1. The van der Waals surface area contributed by atoms with Crippen LogP contribution in [0.1, 0.15) is 19.5 Å². The summed E-state index contributed by atoms with van der Waals surface area (Å²) in [6, 6.07) is 3.77. The molecule has 6 heteroatoms. The summed E-state index contributed by atoms with van der Waals surface area (Å²) >= 11 is 0. The molecule has 1 aromatic rings. The van der Waals surface area contributed by atoms with Gasteiger partial charge in [0.25, 0.3) is 0 Å². The van der Waals surface area contributed by atoms with Crippen LogP contribution in [-0.2, 0) is 0 Å². The van der Waals surface area contributed by atoms with Crippen LogP contribution in [0, 0.1) is 0 Å². The van der Waals surface area contributed by atoms with Gasteiger partial charge in [0, 0.05) is 12.6 Å². The van der Waals surface area contributed by atoms with Gasteiger partial charge in [-0.1, -0.05) is 5.16 Å². The zero-order chi connectivity index (χ0) is 12.8. The third kappa shape index (κ3) is 3.32. The first kappa shape index (κ1) is 13.2. The van der Waals surface area contributed by atoms with Crippen LogP contribution >= 0.6 is 0 Å². The van der Waals surface area contributed by atoms with E-state index in [9.17, 15) is 0 Å². The van der Waals surface area contributed by atoms with E-state index in [-0.39, 0.29) is 18.5 Å². The molecule has 0 aromatic carbocycles. The lowest BCUT2D eigenvalue weighted by Crippen LogP contribution is -2.33. The van der Waals surface area contributed by atoms with Crippen LogP contribution in [0.2, 0.25) is 0 Å². The van der Waals surface area contributed by atoms with Gasteiger partial charge in [-0.3, -0.25) is 4.98 Å². The third-order valence-electron chi connectivity index (χ3n) is 2.41. The number of aliphatic hydroxyl groups excluding tert-OH is 1. The largest absolute Gasteiger partial charge is 0.409 e. The molecule has 94 valence electrons. The molecule has 0 fully saturated rings. The van der Waals surface area contributed by atoms with Gasteiger partial charge in [-0.15, -0.1) is 0 Å². The maximum atomic E-state index is 8.99. The van der Waals surface area contributed by atoms with Crippen LogP contribution in [-0.4, -0.2) is 40.3 Å². The molecule has 1 rings (SSSR count). The monoisotopic (exact) mass is 238 g/mol. The summed E-state index contributed by atoms with van der Waals surface area (Å²) in [5, 5.41) is 20.4. The van der Waals surface area contributed by atoms with Crippen molar-refractivity contribution in [2.75, 3.05) is 18.1 Å². The summed E-state index contributed by atoms with van der Waals surface area (Å²) in [5.41, 5.74) is 6.74. The number of hydrogen-bond donors (Lipinski definition) is 3. The molecule has 0 bridgehead atoms. The number of anilines is 1. The van der Waals surface area contributed by atoms with E-state index in [1.54, 1.807) is 12.3 Å². The number of oxime groups is 1. The Kier molecular flexibility index (Phi) is 4.71. The van der Waals surface area contributed by atoms with Crippen molar-refractivity contribution in [3.8, 4) is 0 Å². The van der Waals surface area contributed by atoms with Gasteiger partial charge in [0.1, 0.15) is 5.69 Å². The van der Waals surface area contributed by atoms with Gasteiger partial charge in [0.15, 0.2) is 5.84 Å². The molecule has 0 saturated heterocycles. The fourth-order valence-electron chi connectivity index (χ4n) is 1.55. The van der Waals surface area contributed by atoms with E-state index in [0.29, 0.717) is 12.2 Å². The van der Waals surface area contributed by atoms with E-state index in [4.69, 9.17) is 16.0 Å². The number of nitrogens with two attached hydrogens (primary N) is 1. The van der Waals surface area contributed by atoms with Crippen LogP contribution in [0.25, 0.3) is 0 Å². The van der Waals surface area contributed by atoms with Gasteiger partial charge in [-0.2, -0.15) is 0 Å². The summed E-state index contributed by atoms with van der Waals surface area (Å²) in [5.74, 6) is -0.0187. The van der Waals surface area contributed by atoms with Crippen molar-refractivity contribution in [1.82, 2.24) is 4.98 Å². The Labute approximate surface area is 100 Å². The number of aromatic nitrogens is 1. The third-order valence-corrected chi connectivity index (χ3v) is 2.41. The maximum absolute atomic E-state index is 8.99. The van der Waals surface area contributed by atoms with E-state index in [1.165, 1.54) is 0 Å². The molecule has 0 radical (unpaired) electrons. The smallest absolute Gasteiger partial charge is 0.188 e. The first-order valence-corrected chi connectivity index (χ1v) is 5.41. The molecule has 0 saturated carbocycles. The Balaban J connectivity index is 2.92. The quantitative estimate of drug-likeness (QED) is 0.298. The van der Waals surface area contributed by atoms with Crippen LogP contribution < -0.4 is 10.6 Å². The molecule has 0 aliphatic carbocycles. The highest BCUT2D eigenvalue weighted by molar-refractivity contribution is 5.95. The second-order valence-corrected chi connectivity index (χ2v) is 3.90. The van der Waals surface area contributed by atoms with Gasteiger partial charge < -0.3 is 20.9 Å². The summed E-state index contributed by atoms with van der Waals surface area (Å²) < 4.78 is 0. The molecule has 6 nitrogen and oxygen atoms in total. The van der Waals surface area contributed by atoms with Gasteiger partial charge in [-0.25, -0.2) is 0 Å². The number of aliphatic hydroxyl groups is 1. The van der Waals surface area contributed by atoms with Crippen molar-refractivity contribution < 1.29 is 10.3 Å². The minimum Gasteiger partial charge on any atom is -0.409 e. The number of amidine groups is 1. The molecule has 1 aromatic heterocycles. The molecule has 1 heterocycles. The fraction of sp³-hybridized carbons (Fsp3) is 0.455. The lowest BCUT2D eigenvalue weighted by molar-refractivity contribution is 0.299. The maximum Gasteiger partial charge on any atom is 0.188 e. The average Bonchev–Trinajstić information content (AvgIpc) is 2.35. The average molecular weight is 238 g/mol. The first-order valence-electron chi connectivity index (χ1n) is 5.41. The predicted octanol–water partition coefficient (Wildman–Crippen LogP) is 0.383. The number of rotatable bonds is 5. The van der Waals surface area contributed by atoms with Gasteiger partial charge in [-0.05, 0) is 26.0 Å². The molecular formula is C11H18N4O2. The van der Waals surface area contributed by atoms with Crippen LogP contribution in [0.5, 0.6) is 0 Å². The van der Waals surface area contributed by atoms with Crippen molar-refractivity contribution in [3.05, 3.63) is 24.0 Å². The summed E-state index contributed by atoms with van der Waals surface area (Å²) in [6.07, 6.45) is 1.64. The van der Waals surface area contributed by atoms with Crippen molar-refractivity contribution >= 4 is 11.5 Å². The SMILES string of the molecule is CC(C)N(CCO)c1ccc(/C(N)=N/O)nc1. The molecule has 17 heavy (non-hydrogen) atoms. The lowest BCUT2D eigenvalue weighted by Gasteiger charge is -2.27. The van der Waals surface area contributed by atoms with Gasteiger partial charge in [0.05, 0.1) is 18.5 Å². The van der Waals surface area contributed by atoms with E-state index >= 15 is 0 Å². The van der Waals surface area contributed by atoms with Crippen molar-refractivity contribution in [2.45, 2.75) is 19.9 Å². The Morgan fingerprint density at radius 1 is 1.53 bits per heavy atom. The van der Waals surface area contributed by atoms with Crippen LogP contribution in [0.15, 0.2) is 23.5 Å². The highest BCUT2D eigenvalue weighted by atomic mass is 16.4. The topological polar surface area (TPSA) is 95.0 Å². The highest BCUT2D eigenvalue weighted by Gasteiger charge is 2.10. The molecule has 0 aliphatic rings. The van der Waals surface area contributed by atoms with Crippen molar-refractivity contribution in [2.24, 2.45) is 10.9 Å². The summed E-state index contributed by atoms with van der Waals surface area (Å²) in [4.78, 5) is 6.11. The molecule has 0 spiro atoms. The Morgan fingerprint density at radius 3 is 2.65 bits per heavy atom. The molecule has 0 atom stereocenters.